The van der Waals surface area contributed by atoms with Crippen LogP contribution in [0.25, 0.3) is 11.4 Å². The molecule has 2 aromatic heterocycles. The van der Waals surface area contributed by atoms with Crippen molar-refractivity contribution in [1.29, 1.82) is 0 Å². The van der Waals surface area contributed by atoms with Gasteiger partial charge in [-0.1, -0.05) is 0 Å². The van der Waals surface area contributed by atoms with Gasteiger partial charge in [-0.05, 0) is 26.0 Å². The van der Waals surface area contributed by atoms with Crippen LogP contribution in [0, 0.1) is 0 Å². The van der Waals surface area contributed by atoms with Gasteiger partial charge in [0.15, 0.2) is 0 Å². The molecule has 0 spiro atoms. The molecule has 0 unspecified atom stereocenters. The fraction of sp³-hybridized carbons (Fsp3) is 0.615. The van der Waals surface area contributed by atoms with E-state index in [0.717, 1.165) is 0 Å². The van der Waals surface area contributed by atoms with Crippen LogP contribution < -0.4 is 9.47 Å². The van der Waals surface area contributed by atoms with Gasteiger partial charge in [0.1, 0.15) is 24.7 Å². The van der Waals surface area contributed by atoms with E-state index in [-0.39, 0.29) is 0 Å². The highest BCUT2D eigenvalue weighted by Crippen LogP contribution is 2.23. The van der Waals surface area contributed by atoms with Crippen molar-refractivity contribution in [3.05, 3.63) is 36.7 Å². The van der Waals surface area contributed by atoms with Crippen molar-refractivity contribution in [2.75, 3.05) is 92.5 Å². The quantitative estimate of drug-likeness (QED) is 0.208. The van der Waals surface area contributed by atoms with Gasteiger partial charge in [0, 0.05) is 37.7 Å². The number of hydrogen-bond acceptors (Lipinski definition) is 10. The molecule has 0 aromatic carbocycles. The summed E-state index contributed by atoms with van der Waals surface area (Å²) in [4.78, 5) is 8.81. The highest BCUT2D eigenvalue weighted by atomic mass is 16.6. The summed E-state index contributed by atoms with van der Waals surface area (Å²) in [5.41, 5.74) is 1.39. The molecule has 0 amide bonds. The lowest BCUT2D eigenvalue weighted by Crippen LogP contribution is -2.12. The SMILES string of the molecule is CCOCCOCCOCCOc1ccnc(-c2cc(OCCOCCOCCOCC)ccn2)c1. The monoisotopic (exact) mass is 508 g/mol. The standard InChI is InChI=1S/C26H40N2O8/c1-3-29-9-11-31-13-15-33-17-19-35-23-5-7-27-25(21-23)26-22-24(6-8-28-26)36-20-18-34-16-14-32-12-10-30-4-2/h5-8,21-22H,3-4,9-20H2,1-2H3. The summed E-state index contributed by atoms with van der Waals surface area (Å²) in [5, 5.41) is 0. The molecule has 10 heteroatoms. The fourth-order valence-corrected chi connectivity index (χ4v) is 2.89. The summed E-state index contributed by atoms with van der Waals surface area (Å²) in [6.07, 6.45) is 3.38. The van der Waals surface area contributed by atoms with Crippen LogP contribution in [0.4, 0.5) is 0 Å². The second-order valence-electron chi connectivity index (χ2n) is 7.29. The van der Waals surface area contributed by atoms with Crippen molar-refractivity contribution in [3.8, 4) is 22.9 Å². The predicted octanol–water partition coefficient (Wildman–Crippen LogP) is 3.04. The molecule has 2 aromatic rings. The van der Waals surface area contributed by atoms with Crippen LogP contribution in [0.3, 0.4) is 0 Å². The molecule has 0 aliphatic rings. The predicted molar refractivity (Wildman–Crippen MR) is 135 cm³/mol. The van der Waals surface area contributed by atoms with E-state index >= 15 is 0 Å². The number of aromatic nitrogens is 2. The summed E-state index contributed by atoms with van der Waals surface area (Å²) >= 11 is 0. The van der Waals surface area contributed by atoms with Crippen LogP contribution >= 0.6 is 0 Å². The molecule has 202 valence electrons. The number of hydrogen-bond donors (Lipinski definition) is 0. The fourth-order valence-electron chi connectivity index (χ4n) is 2.89. The van der Waals surface area contributed by atoms with E-state index in [0.29, 0.717) is 115 Å². The molecule has 0 fully saturated rings. The Balaban J connectivity index is 1.62. The minimum Gasteiger partial charge on any atom is -0.491 e. The van der Waals surface area contributed by atoms with Gasteiger partial charge >= 0.3 is 0 Å². The number of pyridine rings is 2. The molecule has 10 nitrogen and oxygen atoms in total. The Labute approximate surface area is 214 Å². The van der Waals surface area contributed by atoms with E-state index in [4.69, 9.17) is 37.9 Å². The molecular formula is C26H40N2O8. The van der Waals surface area contributed by atoms with Crippen molar-refractivity contribution in [2.45, 2.75) is 13.8 Å². The van der Waals surface area contributed by atoms with Gasteiger partial charge in [0.05, 0.1) is 77.5 Å². The summed E-state index contributed by atoms with van der Waals surface area (Å²) in [6, 6.07) is 7.30. The lowest BCUT2D eigenvalue weighted by Gasteiger charge is -2.10. The first-order valence-corrected chi connectivity index (χ1v) is 12.5. The first-order valence-electron chi connectivity index (χ1n) is 12.5. The third-order valence-electron chi connectivity index (χ3n) is 4.61. The number of ether oxygens (including phenoxy) is 8. The molecule has 0 aliphatic carbocycles. The Kier molecular flexibility index (Phi) is 17.3. The molecule has 0 saturated carbocycles. The highest BCUT2D eigenvalue weighted by molar-refractivity contribution is 5.57. The third kappa shape index (κ3) is 14.3. The molecule has 2 heterocycles. The Morgan fingerprint density at radius 2 is 0.806 bits per heavy atom. The Bertz CT molecular complexity index is 731. The first-order chi connectivity index (χ1) is 17.8. The molecular weight excluding hydrogens is 468 g/mol. The van der Waals surface area contributed by atoms with E-state index < -0.39 is 0 Å². The zero-order chi connectivity index (χ0) is 25.5. The zero-order valence-corrected chi connectivity index (χ0v) is 21.5. The molecule has 0 radical (unpaired) electrons. The van der Waals surface area contributed by atoms with Crippen molar-refractivity contribution in [3.63, 3.8) is 0 Å². The van der Waals surface area contributed by atoms with Crippen molar-refractivity contribution >= 4 is 0 Å². The summed E-state index contributed by atoms with van der Waals surface area (Å²) in [7, 11) is 0. The molecule has 0 atom stereocenters. The van der Waals surface area contributed by atoms with Crippen molar-refractivity contribution in [1.82, 2.24) is 9.97 Å². The second-order valence-corrected chi connectivity index (χ2v) is 7.29. The number of rotatable bonds is 23. The molecule has 0 N–H and O–H groups in total. The largest absolute Gasteiger partial charge is 0.491 e. The van der Waals surface area contributed by atoms with E-state index in [9.17, 15) is 0 Å². The minimum atomic E-state index is 0.427. The van der Waals surface area contributed by atoms with Gasteiger partial charge in [-0.3, -0.25) is 9.97 Å². The zero-order valence-electron chi connectivity index (χ0n) is 21.5. The highest BCUT2D eigenvalue weighted by Gasteiger charge is 2.06. The van der Waals surface area contributed by atoms with Crippen LogP contribution in [0.1, 0.15) is 13.8 Å². The maximum absolute atomic E-state index is 5.78. The van der Waals surface area contributed by atoms with Gasteiger partial charge < -0.3 is 37.9 Å². The lowest BCUT2D eigenvalue weighted by molar-refractivity contribution is 0.0114. The van der Waals surface area contributed by atoms with Crippen LogP contribution in [0.2, 0.25) is 0 Å². The maximum atomic E-state index is 5.78. The average Bonchev–Trinajstić information content (AvgIpc) is 2.91. The first kappa shape index (κ1) is 29.9. The second kappa shape index (κ2) is 20.8. The lowest BCUT2D eigenvalue weighted by atomic mass is 10.2. The van der Waals surface area contributed by atoms with Gasteiger partial charge in [-0.25, -0.2) is 0 Å². The summed E-state index contributed by atoms with van der Waals surface area (Å²) < 4.78 is 43.8. The van der Waals surface area contributed by atoms with Gasteiger partial charge in [0.25, 0.3) is 0 Å². The van der Waals surface area contributed by atoms with Crippen LogP contribution in [-0.2, 0) is 28.4 Å². The Morgan fingerprint density at radius 3 is 1.17 bits per heavy atom. The molecule has 0 saturated heterocycles. The van der Waals surface area contributed by atoms with Crippen LogP contribution in [0.5, 0.6) is 11.5 Å². The number of nitrogens with zero attached hydrogens (tertiary/aromatic N) is 2. The summed E-state index contributed by atoms with van der Waals surface area (Å²) in [6.45, 7) is 11.6. The normalized spacial score (nSPS) is 11.1. The van der Waals surface area contributed by atoms with E-state index in [2.05, 4.69) is 9.97 Å². The smallest absolute Gasteiger partial charge is 0.123 e. The van der Waals surface area contributed by atoms with Crippen LogP contribution in [-0.4, -0.2) is 102 Å². The minimum absolute atomic E-state index is 0.427. The van der Waals surface area contributed by atoms with Crippen LogP contribution in [0.15, 0.2) is 36.7 Å². The molecule has 2 rings (SSSR count). The molecule has 0 bridgehead atoms. The maximum Gasteiger partial charge on any atom is 0.123 e. The van der Waals surface area contributed by atoms with Crippen molar-refractivity contribution < 1.29 is 37.9 Å². The van der Waals surface area contributed by atoms with E-state index in [1.807, 2.05) is 26.0 Å². The summed E-state index contributed by atoms with van der Waals surface area (Å²) in [5.74, 6) is 1.39. The van der Waals surface area contributed by atoms with E-state index in [1.165, 1.54) is 0 Å². The van der Waals surface area contributed by atoms with E-state index in [1.54, 1.807) is 24.5 Å². The Morgan fingerprint density at radius 1 is 0.472 bits per heavy atom. The topological polar surface area (TPSA) is 99.6 Å². The molecule has 0 aliphatic heterocycles. The van der Waals surface area contributed by atoms with Gasteiger partial charge in [0.2, 0.25) is 0 Å². The van der Waals surface area contributed by atoms with Crippen molar-refractivity contribution in [2.24, 2.45) is 0 Å². The van der Waals surface area contributed by atoms with Gasteiger partial charge in [-0.2, -0.15) is 0 Å². The Hall–Kier alpha value is -2.34. The van der Waals surface area contributed by atoms with Gasteiger partial charge in [-0.15, -0.1) is 0 Å². The average molecular weight is 509 g/mol. The third-order valence-corrected chi connectivity index (χ3v) is 4.61. The molecule has 36 heavy (non-hydrogen) atoms.